The molecule has 0 aromatic heterocycles. The van der Waals surface area contributed by atoms with Crippen LogP contribution in [0, 0.1) is 0 Å². The highest BCUT2D eigenvalue weighted by atomic mass is 35.5. The van der Waals surface area contributed by atoms with E-state index < -0.39 is 5.41 Å². The average molecular weight is 459 g/mol. The number of anilines is 1. The van der Waals surface area contributed by atoms with Gasteiger partial charge >= 0.3 is 0 Å². The van der Waals surface area contributed by atoms with Gasteiger partial charge in [-0.15, -0.1) is 0 Å². The first kappa shape index (κ1) is 22.2. The van der Waals surface area contributed by atoms with Crippen LogP contribution in [0.1, 0.15) is 48.8 Å². The summed E-state index contributed by atoms with van der Waals surface area (Å²) in [5.41, 5.74) is 4.05. The Morgan fingerprint density at radius 2 is 1.67 bits per heavy atom. The van der Waals surface area contributed by atoms with Crippen molar-refractivity contribution < 1.29 is 4.79 Å². The Bertz CT molecular complexity index is 1120. The molecule has 1 saturated heterocycles. The van der Waals surface area contributed by atoms with Gasteiger partial charge in [-0.1, -0.05) is 72.3 Å². The van der Waals surface area contributed by atoms with Crippen molar-refractivity contribution in [3.05, 3.63) is 101 Å². The number of likely N-dealkylation sites (tertiary alicyclic amines) is 1. The third-order valence-electron chi connectivity index (χ3n) is 7.56. The van der Waals surface area contributed by atoms with Gasteiger partial charge in [-0.25, -0.2) is 0 Å². The molecule has 1 amide bonds. The molecule has 3 aromatic rings. The molecule has 1 unspecified atom stereocenters. The van der Waals surface area contributed by atoms with E-state index in [4.69, 9.17) is 11.6 Å². The third-order valence-corrected chi connectivity index (χ3v) is 7.79. The van der Waals surface area contributed by atoms with Gasteiger partial charge < -0.3 is 9.80 Å². The number of nitrogens with zero attached hydrogens (tertiary/aromatic N) is 2. The average Bonchev–Trinajstić information content (AvgIpc) is 3.11. The number of amides is 1. The molecule has 33 heavy (non-hydrogen) atoms. The lowest BCUT2D eigenvalue weighted by molar-refractivity contribution is -0.122. The molecular weight excluding hydrogens is 428 g/mol. The van der Waals surface area contributed by atoms with Crippen LogP contribution in [0.4, 0.5) is 5.69 Å². The Morgan fingerprint density at radius 1 is 0.939 bits per heavy atom. The highest BCUT2D eigenvalue weighted by molar-refractivity contribution is 6.30. The van der Waals surface area contributed by atoms with Gasteiger partial charge in [0.1, 0.15) is 5.41 Å². The summed E-state index contributed by atoms with van der Waals surface area (Å²) >= 11 is 6.22. The van der Waals surface area contributed by atoms with Crippen LogP contribution in [0.15, 0.2) is 78.9 Å². The summed E-state index contributed by atoms with van der Waals surface area (Å²) in [6.45, 7) is 5.77. The molecular formula is C29H31ClN2O. The number of rotatable bonds is 6. The number of benzene rings is 3. The molecule has 0 radical (unpaired) electrons. The topological polar surface area (TPSA) is 23.6 Å². The molecule has 2 aliphatic rings. The van der Waals surface area contributed by atoms with Gasteiger partial charge in [0, 0.05) is 17.3 Å². The van der Waals surface area contributed by atoms with Gasteiger partial charge in [0.05, 0.1) is 0 Å². The van der Waals surface area contributed by atoms with Crippen molar-refractivity contribution in [2.75, 3.05) is 31.1 Å². The van der Waals surface area contributed by atoms with E-state index in [9.17, 15) is 4.79 Å². The maximum absolute atomic E-state index is 14.0. The van der Waals surface area contributed by atoms with Crippen LogP contribution >= 0.6 is 11.6 Å². The second-order valence-corrected chi connectivity index (χ2v) is 9.70. The van der Waals surface area contributed by atoms with Gasteiger partial charge in [-0.3, -0.25) is 4.79 Å². The molecule has 3 nitrogen and oxygen atoms in total. The number of para-hydroxylation sites is 1. The van der Waals surface area contributed by atoms with Crippen LogP contribution in [-0.2, 0) is 10.2 Å². The molecule has 0 aliphatic carbocycles. The van der Waals surface area contributed by atoms with Crippen molar-refractivity contribution in [1.82, 2.24) is 4.90 Å². The predicted molar refractivity (Wildman–Crippen MR) is 136 cm³/mol. The number of hydrogen-bond donors (Lipinski definition) is 0. The van der Waals surface area contributed by atoms with Crippen LogP contribution in [0.2, 0.25) is 5.02 Å². The van der Waals surface area contributed by atoms with Crippen molar-refractivity contribution in [2.24, 2.45) is 0 Å². The van der Waals surface area contributed by atoms with Gasteiger partial charge in [0.15, 0.2) is 0 Å². The first-order valence-electron chi connectivity index (χ1n) is 12.1. The van der Waals surface area contributed by atoms with E-state index in [2.05, 4.69) is 72.5 Å². The van der Waals surface area contributed by atoms with E-state index in [1.165, 1.54) is 5.56 Å². The van der Waals surface area contributed by atoms with Crippen LogP contribution < -0.4 is 4.90 Å². The summed E-state index contributed by atoms with van der Waals surface area (Å²) in [5, 5.41) is 0.818. The van der Waals surface area contributed by atoms with Crippen LogP contribution in [-0.4, -0.2) is 37.0 Å². The summed E-state index contributed by atoms with van der Waals surface area (Å²) in [6.07, 6.45) is 3.06. The van der Waals surface area contributed by atoms with E-state index in [0.717, 1.165) is 60.7 Å². The molecule has 0 spiro atoms. The smallest absolute Gasteiger partial charge is 0.242 e. The van der Waals surface area contributed by atoms with Crippen LogP contribution in [0.5, 0.6) is 0 Å². The summed E-state index contributed by atoms with van der Waals surface area (Å²) in [7, 11) is 0. The predicted octanol–water partition coefficient (Wildman–Crippen LogP) is 6.26. The lowest BCUT2D eigenvalue weighted by atomic mass is 9.72. The number of fused-ring (bicyclic) bond motifs is 1. The van der Waals surface area contributed by atoms with Crippen molar-refractivity contribution >= 4 is 23.2 Å². The summed E-state index contributed by atoms with van der Waals surface area (Å²) in [6, 6.07) is 27.0. The Hall–Kier alpha value is -2.62. The molecule has 5 rings (SSSR count). The SMILES string of the molecule is CCN1C(=O)C(CCN2CCC(c3cccc(Cl)c3)CC2)(c2ccccc2)c2ccccc21. The Kier molecular flexibility index (Phi) is 6.27. The summed E-state index contributed by atoms with van der Waals surface area (Å²) in [4.78, 5) is 18.5. The minimum Gasteiger partial charge on any atom is -0.311 e. The van der Waals surface area contributed by atoms with Crippen molar-refractivity contribution in [2.45, 2.75) is 37.5 Å². The largest absolute Gasteiger partial charge is 0.311 e. The highest BCUT2D eigenvalue weighted by Gasteiger charge is 2.51. The minimum absolute atomic E-state index is 0.214. The zero-order valence-electron chi connectivity index (χ0n) is 19.2. The molecule has 170 valence electrons. The van der Waals surface area contributed by atoms with E-state index in [0.29, 0.717) is 12.5 Å². The molecule has 1 atom stereocenters. The lowest BCUT2D eigenvalue weighted by Gasteiger charge is -2.36. The van der Waals surface area contributed by atoms with Crippen LogP contribution in [0.3, 0.4) is 0 Å². The first-order chi connectivity index (χ1) is 16.1. The van der Waals surface area contributed by atoms with E-state index in [1.807, 2.05) is 23.1 Å². The van der Waals surface area contributed by atoms with Gasteiger partial charge in [0.2, 0.25) is 5.91 Å². The number of hydrogen-bond acceptors (Lipinski definition) is 2. The summed E-state index contributed by atoms with van der Waals surface area (Å²) in [5.74, 6) is 0.777. The van der Waals surface area contributed by atoms with Gasteiger partial charge in [-0.2, -0.15) is 0 Å². The standard InChI is InChI=1S/C29H31ClN2O/c1-2-32-27-14-7-6-13-26(27)29(28(32)33,24-10-4-3-5-11-24)17-20-31-18-15-22(16-19-31)23-9-8-12-25(30)21-23/h3-14,21-22H,2,15-20H2,1H3. The molecule has 0 N–H and O–H groups in total. The van der Waals surface area contributed by atoms with Crippen molar-refractivity contribution in [3.63, 3.8) is 0 Å². The normalized spacial score (nSPS) is 21.4. The number of likely N-dealkylation sites (N-methyl/N-ethyl adjacent to an activating group) is 1. The fourth-order valence-electron chi connectivity index (χ4n) is 5.80. The quantitative estimate of drug-likeness (QED) is 0.435. The monoisotopic (exact) mass is 458 g/mol. The number of carbonyl (C=O) groups is 1. The third kappa shape index (κ3) is 3.98. The molecule has 0 bridgehead atoms. The lowest BCUT2D eigenvalue weighted by Crippen LogP contribution is -2.44. The van der Waals surface area contributed by atoms with Gasteiger partial charge in [-0.05, 0) is 86.6 Å². The Balaban J connectivity index is 1.38. The second kappa shape index (κ2) is 9.32. The van der Waals surface area contributed by atoms with Crippen molar-refractivity contribution in [1.29, 1.82) is 0 Å². The molecule has 2 heterocycles. The first-order valence-corrected chi connectivity index (χ1v) is 12.5. The van der Waals surface area contributed by atoms with Crippen LogP contribution in [0.25, 0.3) is 0 Å². The molecule has 2 aliphatic heterocycles. The zero-order valence-corrected chi connectivity index (χ0v) is 20.0. The number of carbonyl (C=O) groups excluding carboxylic acids is 1. The maximum Gasteiger partial charge on any atom is 0.242 e. The number of piperidine rings is 1. The fourth-order valence-corrected chi connectivity index (χ4v) is 6.00. The molecule has 4 heteroatoms. The molecule has 1 fully saturated rings. The van der Waals surface area contributed by atoms with E-state index in [-0.39, 0.29) is 5.91 Å². The minimum atomic E-state index is -0.613. The molecule has 0 saturated carbocycles. The van der Waals surface area contributed by atoms with E-state index in [1.54, 1.807) is 0 Å². The van der Waals surface area contributed by atoms with E-state index >= 15 is 0 Å². The second-order valence-electron chi connectivity index (χ2n) is 9.26. The van der Waals surface area contributed by atoms with Crippen molar-refractivity contribution in [3.8, 4) is 0 Å². The Morgan fingerprint density at radius 3 is 2.39 bits per heavy atom. The fraction of sp³-hybridized carbons (Fsp3) is 0.345. The maximum atomic E-state index is 14.0. The van der Waals surface area contributed by atoms with Gasteiger partial charge in [0.25, 0.3) is 0 Å². The Labute approximate surface area is 202 Å². The number of halogens is 1. The highest BCUT2D eigenvalue weighted by Crippen LogP contribution is 2.48. The zero-order chi connectivity index (χ0) is 22.8. The summed E-state index contributed by atoms with van der Waals surface area (Å²) < 4.78 is 0. The molecule has 3 aromatic carbocycles.